The third-order valence-electron chi connectivity index (χ3n) is 4.85. The molecule has 2 aromatic carbocycles. The van der Waals surface area contributed by atoms with Gasteiger partial charge in [-0.05, 0) is 42.2 Å². The highest BCUT2D eigenvalue weighted by atomic mass is 32.1. The van der Waals surface area contributed by atoms with Crippen LogP contribution >= 0.6 is 11.3 Å². The normalized spacial score (nSPS) is 16.8. The lowest BCUT2D eigenvalue weighted by atomic mass is 9.82. The third kappa shape index (κ3) is 2.45. The summed E-state index contributed by atoms with van der Waals surface area (Å²) in [6, 6.07) is 14.3. The van der Waals surface area contributed by atoms with Crippen molar-refractivity contribution in [2.75, 3.05) is 0 Å². The molecule has 0 N–H and O–H groups in total. The quantitative estimate of drug-likeness (QED) is 0.525. The lowest BCUT2D eigenvalue weighted by molar-refractivity contribution is 0.0964. The molecule has 4 aromatic rings. The molecule has 0 aliphatic heterocycles. The molecule has 1 aliphatic rings. The summed E-state index contributed by atoms with van der Waals surface area (Å²) in [6.07, 6.45) is 2.75. The summed E-state index contributed by atoms with van der Waals surface area (Å²) in [5.41, 5.74) is 3.45. The van der Waals surface area contributed by atoms with Crippen LogP contribution in [0.1, 0.15) is 34.0 Å². The van der Waals surface area contributed by atoms with Crippen molar-refractivity contribution in [3.63, 3.8) is 0 Å². The fraction of sp³-hybridized carbons (Fsp3) is 0.150. The first-order valence-electron chi connectivity index (χ1n) is 8.40. The largest absolute Gasteiger partial charge is 0.294 e. The van der Waals surface area contributed by atoms with Crippen LogP contribution < -0.4 is 0 Å². The summed E-state index contributed by atoms with van der Waals surface area (Å²) in [7, 11) is 0. The second kappa shape index (κ2) is 5.85. The molecular weight excluding hydrogens is 349 g/mol. The zero-order valence-corrected chi connectivity index (χ0v) is 14.5. The number of halogens is 1. The average Bonchev–Trinajstić information content (AvgIpc) is 3.26. The molecule has 0 bridgehead atoms. The Morgan fingerprint density at radius 2 is 1.88 bits per heavy atom. The van der Waals surface area contributed by atoms with Crippen molar-refractivity contribution in [3.05, 3.63) is 77.4 Å². The van der Waals surface area contributed by atoms with E-state index in [1.54, 1.807) is 34.3 Å². The van der Waals surface area contributed by atoms with Crippen LogP contribution in [0, 0.1) is 5.82 Å². The van der Waals surface area contributed by atoms with Crippen molar-refractivity contribution in [1.82, 2.24) is 14.8 Å². The van der Waals surface area contributed by atoms with Gasteiger partial charge >= 0.3 is 0 Å². The zero-order chi connectivity index (χ0) is 17.7. The van der Waals surface area contributed by atoms with E-state index in [1.165, 1.54) is 12.1 Å². The molecule has 0 saturated heterocycles. The van der Waals surface area contributed by atoms with Crippen LogP contribution in [0.3, 0.4) is 0 Å². The first kappa shape index (κ1) is 15.4. The first-order chi connectivity index (χ1) is 12.7. The molecule has 1 aliphatic carbocycles. The SMILES string of the molecule is O=C1C[C@H](c2ccc(F)cc2)Cc2c1cnn2-c1nc2ccccc2s1. The van der Waals surface area contributed by atoms with Crippen LogP contribution in [0.4, 0.5) is 4.39 Å². The number of rotatable bonds is 2. The zero-order valence-electron chi connectivity index (χ0n) is 13.7. The number of carbonyl (C=O) groups excluding carboxylic acids is 1. The number of ketones is 1. The van der Waals surface area contributed by atoms with E-state index in [0.29, 0.717) is 18.4 Å². The van der Waals surface area contributed by atoms with Gasteiger partial charge in [-0.1, -0.05) is 35.6 Å². The van der Waals surface area contributed by atoms with Gasteiger partial charge < -0.3 is 0 Å². The van der Waals surface area contributed by atoms with Crippen LogP contribution in [-0.2, 0) is 6.42 Å². The van der Waals surface area contributed by atoms with Gasteiger partial charge in [-0.2, -0.15) is 5.10 Å². The molecule has 1 atom stereocenters. The Labute approximate surface area is 152 Å². The number of thiazole rings is 1. The van der Waals surface area contributed by atoms with Crippen LogP contribution in [0.5, 0.6) is 0 Å². The molecule has 0 spiro atoms. The van der Waals surface area contributed by atoms with Gasteiger partial charge in [0.05, 0.1) is 27.7 Å². The summed E-state index contributed by atoms with van der Waals surface area (Å²) in [6.45, 7) is 0. The molecule has 0 fully saturated rings. The number of nitrogens with zero attached hydrogens (tertiary/aromatic N) is 3. The van der Waals surface area contributed by atoms with Gasteiger partial charge in [0.2, 0.25) is 5.13 Å². The van der Waals surface area contributed by atoms with Crippen molar-refractivity contribution >= 4 is 27.3 Å². The number of fused-ring (bicyclic) bond motifs is 2. The predicted molar refractivity (Wildman–Crippen MR) is 98.5 cm³/mol. The number of aromatic nitrogens is 3. The van der Waals surface area contributed by atoms with E-state index in [2.05, 4.69) is 10.1 Å². The van der Waals surface area contributed by atoms with Crippen molar-refractivity contribution in [2.24, 2.45) is 0 Å². The van der Waals surface area contributed by atoms with Gasteiger partial charge in [0.25, 0.3) is 0 Å². The van der Waals surface area contributed by atoms with Gasteiger partial charge in [0.1, 0.15) is 5.82 Å². The van der Waals surface area contributed by atoms with Crippen LogP contribution in [0.25, 0.3) is 15.3 Å². The van der Waals surface area contributed by atoms with Crippen molar-refractivity contribution < 1.29 is 9.18 Å². The lowest BCUT2D eigenvalue weighted by Crippen LogP contribution is -2.20. The number of hydrogen-bond donors (Lipinski definition) is 0. The highest BCUT2D eigenvalue weighted by molar-refractivity contribution is 7.20. The van der Waals surface area contributed by atoms with Gasteiger partial charge in [-0.25, -0.2) is 14.1 Å². The second-order valence-electron chi connectivity index (χ2n) is 6.46. The summed E-state index contributed by atoms with van der Waals surface area (Å²) >= 11 is 1.56. The fourth-order valence-electron chi connectivity index (χ4n) is 3.53. The standard InChI is InChI=1S/C20H14FN3OS/c21-14-7-5-12(6-8-14)13-9-17-15(18(25)10-13)11-22-24(17)20-23-16-3-1-2-4-19(16)26-20/h1-8,11,13H,9-10H2/t13-/m1/s1. The van der Waals surface area contributed by atoms with E-state index in [-0.39, 0.29) is 17.5 Å². The molecule has 2 aromatic heterocycles. The lowest BCUT2D eigenvalue weighted by Gasteiger charge is -2.22. The number of carbonyl (C=O) groups is 1. The minimum Gasteiger partial charge on any atom is -0.294 e. The number of benzene rings is 2. The molecule has 0 unspecified atom stereocenters. The Bertz CT molecular complexity index is 1100. The Balaban J connectivity index is 1.57. The molecule has 6 heteroatoms. The maximum Gasteiger partial charge on any atom is 0.211 e. The predicted octanol–water partition coefficient (Wildman–Crippen LogP) is 4.53. The maximum absolute atomic E-state index is 13.2. The van der Waals surface area contributed by atoms with E-state index in [0.717, 1.165) is 26.6 Å². The summed E-state index contributed by atoms with van der Waals surface area (Å²) in [4.78, 5) is 17.3. The molecule has 5 rings (SSSR count). The number of para-hydroxylation sites is 1. The molecule has 0 saturated carbocycles. The van der Waals surface area contributed by atoms with Gasteiger partial charge in [-0.15, -0.1) is 0 Å². The van der Waals surface area contributed by atoms with Crippen molar-refractivity contribution in [1.29, 1.82) is 0 Å². The van der Waals surface area contributed by atoms with Gasteiger partial charge in [-0.3, -0.25) is 4.79 Å². The van der Waals surface area contributed by atoms with E-state index in [9.17, 15) is 9.18 Å². The monoisotopic (exact) mass is 363 g/mol. The topological polar surface area (TPSA) is 47.8 Å². The second-order valence-corrected chi connectivity index (χ2v) is 7.47. The molecule has 26 heavy (non-hydrogen) atoms. The summed E-state index contributed by atoms with van der Waals surface area (Å²) < 4.78 is 16.1. The molecular formula is C20H14FN3OS. The van der Waals surface area contributed by atoms with Crippen LogP contribution in [0.2, 0.25) is 0 Å². The molecule has 0 amide bonds. The Hall–Kier alpha value is -2.86. The molecule has 0 radical (unpaired) electrons. The van der Waals surface area contributed by atoms with E-state index < -0.39 is 0 Å². The Kier molecular flexibility index (Phi) is 3.46. The smallest absolute Gasteiger partial charge is 0.211 e. The van der Waals surface area contributed by atoms with E-state index in [1.807, 2.05) is 24.3 Å². The Morgan fingerprint density at radius 3 is 2.69 bits per heavy atom. The third-order valence-corrected chi connectivity index (χ3v) is 5.86. The summed E-state index contributed by atoms with van der Waals surface area (Å²) in [5.74, 6) is -0.163. The highest BCUT2D eigenvalue weighted by Gasteiger charge is 2.30. The van der Waals surface area contributed by atoms with Crippen LogP contribution in [-0.4, -0.2) is 20.5 Å². The molecule has 4 nitrogen and oxygen atoms in total. The minimum absolute atomic E-state index is 0.0282. The number of hydrogen-bond acceptors (Lipinski definition) is 4. The summed E-state index contributed by atoms with van der Waals surface area (Å²) in [5, 5.41) is 5.20. The van der Waals surface area contributed by atoms with Crippen LogP contribution in [0.15, 0.2) is 54.7 Å². The van der Waals surface area contributed by atoms with Crippen molar-refractivity contribution in [2.45, 2.75) is 18.8 Å². The fourth-order valence-corrected chi connectivity index (χ4v) is 4.48. The Morgan fingerprint density at radius 1 is 1.08 bits per heavy atom. The molecule has 128 valence electrons. The van der Waals surface area contributed by atoms with Gasteiger partial charge in [0, 0.05) is 6.42 Å². The van der Waals surface area contributed by atoms with Crippen molar-refractivity contribution in [3.8, 4) is 5.13 Å². The van der Waals surface area contributed by atoms with E-state index >= 15 is 0 Å². The molecule has 2 heterocycles. The highest BCUT2D eigenvalue weighted by Crippen LogP contribution is 2.35. The minimum atomic E-state index is -0.268. The number of Topliss-reactive ketones (excluding diaryl/α,β-unsaturated/α-hetero) is 1. The average molecular weight is 363 g/mol. The van der Waals surface area contributed by atoms with Gasteiger partial charge in [0.15, 0.2) is 5.78 Å². The first-order valence-corrected chi connectivity index (χ1v) is 9.22. The maximum atomic E-state index is 13.2. The van der Waals surface area contributed by atoms with E-state index in [4.69, 9.17) is 0 Å².